The van der Waals surface area contributed by atoms with Gasteiger partial charge in [0.2, 0.25) is 0 Å². The van der Waals surface area contributed by atoms with Crippen LogP contribution >= 0.6 is 0 Å². The van der Waals surface area contributed by atoms with Crippen LogP contribution in [0.3, 0.4) is 0 Å². The molecule has 0 aliphatic carbocycles. The molecule has 21 heavy (non-hydrogen) atoms. The number of carboxylic acid groups (broad SMARTS) is 1. The van der Waals surface area contributed by atoms with Gasteiger partial charge in [-0.1, -0.05) is 12.1 Å². The van der Waals surface area contributed by atoms with Gasteiger partial charge in [-0.05, 0) is 19.1 Å². The Hall–Kier alpha value is -2.41. The molecular weight excluding hydrogens is 276 g/mol. The number of anilines is 1. The van der Waals surface area contributed by atoms with Crippen molar-refractivity contribution in [1.82, 2.24) is 4.90 Å². The van der Waals surface area contributed by atoms with Gasteiger partial charge in [0.25, 0.3) is 0 Å². The molecule has 0 spiro atoms. The summed E-state index contributed by atoms with van der Waals surface area (Å²) in [5.41, 5.74) is 0.898. The molecule has 0 unspecified atom stereocenters. The van der Waals surface area contributed by atoms with Crippen LogP contribution in [0.4, 0.5) is 10.5 Å². The van der Waals surface area contributed by atoms with Crippen LogP contribution in [0.2, 0.25) is 0 Å². The Bertz CT molecular complexity index is 530. The van der Waals surface area contributed by atoms with Gasteiger partial charge >= 0.3 is 12.0 Å². The number of ether oxygens (including phenoxy) is 1. The van der Waals surface area contributed by atoms with Crippen molar-refractivity contribution in [2.75, 3.05) is 32.1 Å². The van der Waals surface area contributed by atoms with Crippen molar-refractivity contribution in [1.29, 1.82) is 0 Å². The first-order valence-electron chi connectivity index (χ1n) is 6.31. The lowest BCUT2D eigenvalue weighted by Gasteiger charge is -2.20. The number of hydrogen-bond donors (Lipinski definition) is 2. The van der Waals surface area contributed by atoms with E-state index in [9.17, 15) is 14.4 Å². The van der Waals surface area contributed by atoms with Crippen LogP contribution in [0.25, 0.3) is 0 Å². The first-order chi connectivity index (χ1) is 9.93. The van der Waals surface area contributed by atoms with Crippen LogP contribution < -0.4 is 5.32 Å². The number of Topliss-reactive ketones (excluding diaryl/α,β-unsaturated/α-hetero) is 1. The summed E-state index contributed by atoms with van der Waals surface area (Å²) in [6.07, 6.45) is 0. The molecule has 0 saturated carbocycles. The summed E-state index contributed by atoms with van der Waals surface area (Å²) in [7, 11) is 1.47. The van der Waals surface area contributed by atoms with E-state index in [4.69, 9.17) is 9.84 Å². The van der Waals surface area contributed by atoms with E-state index in [1.165, 1.54) is 20.1 Å². The van der Waals surface area contributed by atoms with Crippen molar-refractivity contribution < 1.29 is 24.2 Å². The molecule has 114 valence electrons. The lowest BCUT2D eigenvalue weighted by atomic mass is 10.1. The van der Waals surface area contributed by atoms with E-state index in [0.29, 0.717) is 11.3 Å². The Morgan fingerprint density at radius 2 is 2.05 bits per heavy atom. The van der Waals surface area contributed by atoms with Crippen LogP contribution in [-0.2, 0) is 9.53 Å². The fourth-order valence-corrected chi connectivity index (χ4v) is 1.64. The third kappa shape index (κ3) is 5.62. The summed E-state index contributed by atoms with van der Waals surface area (Å²) in [5, 5.41) is 11.4. The third-order valence-corrected chi connectivity index (χ3v) is 2.70. The molecule has 0 aliphatic heterocycles. The number of rotatable bonds is 7. The zero-order chi connectivity index (χ0) is 15.8. The molecule has 0 atom stereocenters. The number of carboxylic acids is 1. The smallest absolute Gasteiger partial charge is 0.323 e. The topological polar surface area (TPSA) is 95.9 Å². The summed E-state index contributed by atoms with van der Waals surface area (Å²) in [5.74, 6) is -1.23. The van der Waals surface area contributed by atoms with Crippen molar-refractivity contribution >= 4 is 23.5 Å². The average Bonchev–Trinajstić information content (AvgIpc) is 2.43. The molecule has 0 saturated heterocycles. The zero-order valence-corrected chi connectivity index (χ0v) is 12.0. The van der Waals surface area contributed by atoms with E-state index < -0.39 is 18.5 Å². The number of ketones is 1. The predicted octanol–water partition coefficient (Wildman–Crippen LogP) is 1.45. The molecular formula is C14H18N2O5. The average molecular weight is 294 g/mol. The number of hydrogen-bond acceptors (Lipinski definition) is 4. The van der Waals surface area contributed by atoms with E-state index >= 15 is 0 Å². The highest BCUT2D eigenvalue weighted by Crippen LogP contribution is 2.12. The Morgan fingerprint density at radius 1 is 1.33 bits per heavy atom. The van der Waals surface area contributed by atoms with Gasteiger partial charge < -0.3 is 20.1 Å². The number of aliphatic carboxylic acids is 1. The van der Waals surface area contributed by atoms with Gasteiger partial charge in [0.05, 0.1) is 6.61 Å². The fourth-order valence-electron chi connectivity index (χ4n) is 1.64. The molecule has 0 fully saturated rings. The summed E-state index contributed by atoms with van der Waals surface area (Å²) in [6, 6.07) is 5.88. The monoisotopic (exact) mass is 294 g/mol. The van der Waals surface area contributed by atoms with Crippen LogP contribution in [0, 0.1) is 0 Å². The van der Waals surface area contributed by atoms with Crippen molar-refractivity contribution in [3.63, 3.8) is 0 Å². The molecule has 0 heterocycles. The fraction of sp³-hybridized carbons (Fsp3) is 0.357. The largest absolute Gasteiger partial charge is 0.480 e. The minimum absolute atomic E-state index is 0.118. The van der Waals surface area contributed by atoms with Crippen molar-refractivity contribution in [3.05, 3.63) is 29.8 Å². The summed E-state index contributed by atoms with van der Waals surface area (Å²) in [4.78, 5) is 35.2. The highest BCUT2D eigenvalue weighted by atomic mass is 16.5. The molecule has 0 bridgehead atoms. The maximum atomic E-state index is 12.0. The van der Waals surface area contributed by atoms with Crippen molar-refractivity contribution in [2.24, 2.45) is 0 Å². The molecule has 1 aromatic carbocycles. The maximum absolute atomic E-state index is 12.0. The van der Waals surface area contributed by atoms with Crippen LogP contribution in [0.5, 0.6) is 0 Å². The number of carbonyl (C=O) groups is 3. The summed E-state index contributed by atoms with van der Waals surface area (Å²) in [6.45, 7) is 1.38. The van der Waals surface area contributed by atoms with Gasteiger partial charge in [-0.25, -0.2) is 4.79 Å². The van der Waals surface area contributed by atoms with Gasteiger partial charge in [-0.2, -0.15) is 0 Å². The zero-order valence-electron chi connectivity index (χ0n) is 12.0. The number of nitrogens with one attached hydrogen (secondary N) is 1. The Balaban J connectivity index is 2.77. The quantitative estimate of drug-likeness (QED) is 0.742. The second-order valence-corrected chi connectivity index (χ2v) is 4.38. The SMILES string of the molecule is COCCN(CC(=O)O)C(=O)Nc1cccc(C(C)=O)c1. The lowest BCUT2D eigenvalue weighted by Crippen LogP contribution is -2.40. The van der Waals surface area contributed by atoms with Crippen LogP contribution in [-0.4, -0.2) is 54.6 Å². The minimum Gasteiger partial charge on any atom is -0.480 e. The molecule has 7 heteroatoms. The van der Waals surface area contributed by atoms with Gasteiger partial charge in [-0.15, -0.1) is 0 Å². The lowest BCUT2D eigenvalue weighted by molar-refractivity contribution is -0.137. The number of urea groups is 1. The highest BCUT2D eigenvalue weighted by Gasteiger charge is 2.16. The van der Waals surface area contributed by atoms with Gasteiger partial charge in [0.15, 0.2) is 5.78 Å². The van der Waals surface area contributed by atoms with E-state index in [2.05, 4.69) is 5.32 Å². The highest BCUT2D eigenvalue weighted by molar-refractivity contribution is 5.97. The Morgan fingerprint density at radius 3 is 2.62 bits per heavy atom. The minimum atomic E-state index is -1.11. The Labute approximate surface area is 122 Å². The number of amides is 2. The molecule has 2 amide bonds. The summed E-state index contributed by atoms with van der Waals surface area (Å²) >= 11 is 0. The van der Waals surface area contributed by atoms with Gasteiger partial charge in [0, 0.05) is 24.9 Å². The van der Waals surface area contributed by atoms with E-state index in [0.717, 1.165) is 4.90 Å². The normalized spacial score (nSPS) is 10.0. The second kappa shape index (κ2) is 8.01. The van der Waals surface area contributed by atoms with E-state index in [1.54, 1.807) is 18.2 Å². The Kier molecular flexibility index (Phi) is 6.35. The molecule has 0 aliphatic rings. The molecule has 0 aromatic heterocycles. The van der Waals surface area contributed by atoms with Crippen molar-refractivity contribution in [3.8, 4) is 0 Å². The number of nitrogens with zero attached hydrogens (tertiary/aromatic N) is 1. The number of carbonyl (C=O) groups excluding carboxylic acids is 2. The van der Waals surface area contributed by atoms with Crippen molar-refractivity contribution in [2.45, 2.75) is 6.92 Å². The maximum Gasteiger partial charge on any atom is 0.323 e. The second-order valence-electron chi connectivity index (χ2n) is 4.38. The number of methoxy groups -OCH3 is 1. The molecule has 1 aromatic rings. The standard InChI is InChI=1S/C14H18N2O5/c1-10(17)11-4-3-5-12(8-11)15-14(20)16(6-7-21-2)9-13(18)19/h3-5,8H,6-7,9H2,1-2H3,(H,15,20)(H,18,19). The third-order valence-electron chi connectivity index (χ3n) is 2.70. The van der Waals surface area contributed by atoms with E-state index in [1.807, 2.05) is 0 Å². The van der Waals surface area contributed by atoms with Crippen LogP contribution in [0.15, 0.2) is 24.3 Å². The van der Waals surface area contributed by atoms with E-state index in [-0.39, 0.29) is 18.9 Å². The molecule has 0 radical (unpaired) electrons. The van der Waals surface area contributed by atoms with Gasteiger partial charge in [0.1, 0.15) is 6.54 Å². The first kappa shape index (κ1) is 16.6. The number of benzene rings is 1. The molecule has 2 N–H and O–H groups in total. The molecule has 7 nitrogen and oxygen atoms in total. The summed E-state index contributed by atoms with van der Waals surface area (Å²) < 4.78 is 4.85. The predicted molar refractivity (Wildman–Crippen MR) is 76.6 cm³/mol. The van der Waals surface area contributed by atoms with Gasteiger partial charge in [-0.3, -0.25) is 9.59 Å². The van der Waals surface area contributed by atoms with Crippen LogP contribution in [0.1, 0.15) is 17.3 Å². The first-order valence-corrected chi connectivity index (χ1v) is 6.31. The molecule has 1 rings (SSSR count).